The third kappa shape index (κ3) is 2.55. The number of likely N-dealkylation sites (tertiary alicyclic amines) is 1. The van der Waals surface area contributed by atoms with Crippen molar-refractivity contribution in [3.05, 3.63) is 52.3 Å². The quantitative estimate of drug-likeness (QED) is 0.785. The minimum absolute atomic E-state index is 0.0784. The molecule has 7 heteroatoms. The Balaban J connectivity index is 1.31. The Bertz CT molecular complexity index is 1020. The van der Waals surface area contributed by atoms with E-state index in [1.165, 1.54) is 0 Å². The van der Waals surface area contributed by atoms with Crippen LogP contribution >= 0.6 is 0 Å². The van der Waals surface area contributed by atoms with Gasteiger partial charge in [-0.2, -0.15) is 0 Å². The van der Waals surface area contributed by atoms with Crippen LogP contribution in [0, 0.1) is 0 Å². The maximum Gasteiger partial charge on any atom is 0.326 e. The highest BCUT2D eigenvalue weighted by Crippen LogP contribution is 2.40. The Kier molecular flexibility index (Phi) is 3.48. The molecule has 1 amide bonds. The summed E-state index contributed by atoms with van der Waals surface area (Å²) in [5.41, 5.74) is 2.09. The standard InChI is InChI=1S/C19H20N4O3/c24-18(15-11-17(26-21-15)12-5-6-12)22-9-7-13(8-10-22)23-16-4-2-1-3-14(16)20-19(23)25/h1-4,11-13H,5-10H2,(H,20,25). The van der Waals surface area contributed by atoms with Crippen LogP contribution in [0.1, 0.15) is 53.9 Å². The van der Waals surface area contributed by atoms with Crippen molar-refractivity contribution in [1.82, 2.24) is 19.6 Å². The van der Waals surface area contributed by atoms with E-state index in [0.29, 0.717) is 24.7 Å². The molecular formula is C19H20N4O3. The fraction of sp³-hybridized carbons (Fsp3) is 0.421. The van der Waals surface area contributed by atoms with Crippen LogP contribution in [0.3, 0.4) is 0 Å². The molecule has 1 saturated heterocycles. The minimum Gasteiger partial charge on any atom is -0.360 e. The molecule has 1 aliphatic heterocycles. The van der Waals surface area contributed by atoms with Crippen LogP contribution in [-0.4, -0.2) is 38.6 Å². The van der Waals surface area contributed by atoms with Gasteiger partial charge in [0.05, 0.1) is 11.0 Å². The SMILES string of the molecule is O=C(c1cc(C2CC2)on1)N1CCC(n2c(=O)[nH]c3ccccc32)CC1. The van der Waals surface area contributed by atoms with Gasteiger partial charge in [-0.3, -0.25) is 9.36 Å². The molecule has 1 N–H and O–H groups in total. The number of nitrogens with zero attached hydrogens (tertiary/aromatic N) is 3. The summed E-state index contributed by atoms with van der Waals surface area (Å²) in [6, 6.07) is 9.61. The van der Waals surface area contributed by atoms with Crippen molar-refractivity contribution in [2.45, 2.75) is 37.6 Å². The third-order valence-corrected chi connectivity index (χ3v) is 5.47. The molecule has 0 spiro atoms. The van der Waals surface area contributed by atoms with Gasteiger partial charge in [-0.25, -0.2) is 4.79 Å². The van der Waals surface area contributed by atoms with Gasteiger partial charge in [0.15, 0.2) is 5.69 Å². The summed E-state index contributed by atoms with van der Waals surface area (Å²) in [6.07, 6.45) is 3.74. The monoisotopic (exact) mass is 352 g/mol. The number of aromatic nitrogens is 3. The minimum atomic E-state index is -0.0819. The Morgan fingerprint density at radius 3 is 2.69 bits per heavy atom. The third-order valence-electron chi connectivity index (χ3n) is 5.47. The molecule has 26 heavy (non-hydrogen) atoms. The van der Waals surface area contributed by atoms with E-state index in [0.717, 1.165) is 42.5 Å². The summed E-state index contributed by atoms with van der Waals surface area (Å²) in [6.45, 7) is 1.22. The normalized spacial score (nSPS) is 18.5. The first-order valence-electron chi connectivity index (χ1n) is 9.16. The molecule has 7 nitrogen and oxygen atoms in total. The van der Waals surface area contributed by atoms with E-state index in [2.05, 4.69) is 10.1 Å². The maximum absolute atomic E-state index is 12.7. The zero-order valence-corrected chi connectivity index (χ0v) is 14.4. The highest BCUT2D eigenvalue weighted by Gasteiger charge is 2.31. The van der Waals surface area contributed by atoms with Gasteiger partial charge in [-0.15, -0.1) is 0 Å². The van der Waals surface area contributed by atoms with Gasteiger partial charge in [-0.05, 0) is 37.8 Å². The number of imidazole rings is 1. The summed E-state index contributed by atoms with van der Waals surface area (Å²) < 4.78 is 7.13. The molecule has 5 rings (SSSR count). The molecule has 3 aromatic rings. The number of benzene rings is 1. The van der Waals surface area contributed by atoms with Gasteiger partial charge < -0.3 is 14.4 Å². The number of nitrogens with one attached hydrogen (secondary N) is 1. The first-order chi connectivity index (χ1) is 12.7. The maximum atomic E-state index is 12.7. The van der Waals surface area contributed by atoms with Crippen molar-refractivity contribution in [3.63, 3.8) is 0 Å². The lowest BCUT2D eigenvalue weighted by molar-refractivity contribution is 0.0684. The number of H-pyrrole nitrogens is 1. The van der Waals surface area contributed by atoms with E-state index in [1.54, 1.807) is 6.07 Å². The first-order valence-corrected chi connectivity index (χ1v) is 9.16. The predicted octanol–water partition coefficient (Wildman–Crippen LogP) is 2.67. The highest BCUT2D eigenvalue weighted by molar-refractivity contribution is 5.92. The summed E-state index contributed by atoms with van der Waals surface area (Å²) in [7, 11) is 0. The lowest BCUT2D eigenvalue weighted by Gasteiger charge is -2.32. The van der Waals surface area contributed by atoms with E-state index < -0.39 is 0 Å². The van der Waals surface area contributed by atoms with Crippen molar-refractivity contribution < 1.29 is 9.32 Å². The van der Waals surface area contributed by atoms with Gasteiger partial charge in [0, 0.05) is 31.1 Å². The number of carbonyl (C=O) groups is 1. The van der Waals surface area contributed by atoms with Crippen molar-refractivity contribution in [2.24, 2.45) is 0 Å². The molecule has 1 saturated carbocycles. The van der Waals surface area contributed by atoms with Crippen LogP contribution in [0.15, 0.2) is 39.6 Å². The second-order valence-electron chi connectivity index (χ2n) is 7.23. The van der Waals surface area contributed by atoms with Crippen molar-refractivity contribution >= 4 is 16.9 Å². The average molecular weight is 352 g/mol. The molecule has 0 atom stereocenters. The predicted molar refractivity (Wildman–Crippen MR) is 95.2 cm³/mol. The summed E-state index contributed by atoms with van der Waals surface area (Å²) in [5, 5.41) is 3.95. The van der Waals surface area contributed by atoms with E-state index in [-0.39, 0.29) is 17.6 Å². The lowest BCUT2D eigenvalue weighted by Crippen LogP contribution is -2.40. The Hall–Kier alpha value is -2.83. The number of hydrogen-bond acceptors (Lipinski definition) is 4. The van der Waals surface area contributed by atoms with Crippen LogP contribution in [0.4, 0.5) is 0 Å². The Morgan fingerprint density at radius 2 is 1.92 bits per heavy atom. The molecule has 1 aliphatic carbocycles. The van der Waals surface area contributed by atoms with Gasteiger partial charge in [0.1, 0.15) is 5.76 Å². The zero-order valence-electron chi connectivity index (χ0n) is 14.4. The van der Waals surface area contributed by atoms with Gasteiger partial charge in [0.2, 0.25) is 0 Å². The zero-order chi connectivity index (χ0) is 17.7. The molecular weight excluding hydrogens is 332 g/mol. The summed E-state index contributed by atoms with van der Waals surface area (Å²) >= 11 is 0. The van der Waals surface area contributed by atoms with E-state index >= 15 is 0 Å². The van der Waals surface area contributed by atoms with Crippen molar-refractivity contribution in [3.8, 4) is 0 Å². The molecule has 2 fully saturated rings. The second kappa shape index (κ2) is 5.86. The van der Waals surface area contributed by atoms with Gasteiger partial charge >= 0.3 is 5.69 Å². The number of rotatable bonds is 3. The number of fused-ring (bicyclic) bond motifs is 1. The van der Waals surface area contributed by atoms with Crippen molar-refractivity contribution in [2.75, 3.05) is 13.1 Å². The summed E-state index contributed by atoms with van der Waals surface area (Å²) in [5.74, 6) is 1.20. The Labute approximate surface area is 149 Å². The van der Waals surface area contributed by atoms with Crippen LogP contribution in [0.5, 0.6) is 0 Å². The second-order valence-corrected chi connectivity index (χ2v) is 7.23. The highest BCUT2D eigenvalue weighted by atomic mass is 16.5. The molecule has 3 heterocycles. The van der Waals surface area contributed by atoms with Crippen molar-refractivity contribution in [1.29, 1.82) is 0 Å². The van der Waals surface area contributed by atoms with Crippen LogP contribution in [-0.2, 0) is 0 Å². The van der Waals surface area contributed by atoms with Crippen LogP contribution in [0.2, 0.25) is 0 Å². The van der Waals surface area contributed by atoms with Crippen LogP contribution < -0.4 is 5.69 Å². The number of piperidine rings is 1. The van der Waals surface area contributed by atoms with E-state index in [9.17, 15) is 9.59 Å². The molecule has 134 valence electrons. The number of amides is 1. The topological polar surface area (TPSA) is 84.1 Å². The molecule has 2 aliphatic rings. The smallest absolute Gasteiger partial charge is 0.326 e. The molecule has 1 aromatic carbocycles. The lowest BCUT2D eigenvalue weighted by atomic mass is 10.0. The van der Waals surface area contributed by atoms with Crippen LogP contribution in [0.25, 0.3) is 11.0 Å². The first kappa shape index (κ1) is 15.4. The molecule has 0 bridgehead atoms. The Morgan fingerprint density at radius 1 is 1.15 bits per heavy atom. The molecule has 2 aromatic heterocycles. The van der Waals surface area contributed by atoms with Gasteiger partial charge in [0.25, 0.3) is 5.91 Å². The number of para-hydroxylation sites is 2. The number of aromatic amines is 1. The van der Waals surface area contributed by atoms with E-state index in [4.69, 9.17) is 4.52 Å². The largest absolute Gasteiger partial charge is 0.360 e. The number of carbonyl (C=O) groups excluding carboxylic acids is 1. The van der Waals surface area contributed by atoms with E-state index in [1.807, 2.05) is 33.7 Å². The number of hydrogen-bond donors (Lipinski definition) is 1. The average Bonchev–Trinajstić information content (AvgIpc) is 3.29. The fourth-order valence-corrected chi connectivity index (χ4v) is 3.88. The van der Waals surface area contributed by atoms with Gasteiger partial charge in [-0.1, -0.05) is 17.3 Å². The molecule has 0 radical (unpaired) electrons. The fourth-order valence-electron chi connectivity index (χ4n) is 3.88. The summed E-state index contributed by atoms with van der Waals surface area (Å²) in [4.78, 5) is 29.7. The molecule has 0 unspecified atom stereocenters.